The van der Waals surface area contributed by atoms with Crippen LogP contribution in [0.15, 0.2) is 36.4 Å². The molecule has 0 amide bonds. The number of hydrogen-bond acceptors (Lipinski definition) is 5. The van der Waals surface area contributed by atoms with E-state index >= 15 is 0 Å². The van der Waals surface area contributed by atoms with Crippen molar-refractivity contribution < 1.29 is 23.9 Å². The highest BCUT2D eigenvalue weighted by molar-refractivity contribution is 5.52. The molecular formula is C14H12FNO5. The maximum absolute atomic E-state index is 13.9. The Labute approximate surface area is 119 Å². The van der Waals surface area contributed by atoms with Gasteiger partial charge in [0, 0.05) is 11.6 Å². The molecule has 2 rings (SSSR count). The predicted octanol–water partition coefficient (Wildman–Crippen LogP) is 3.03. The number of nitro groups is 1. The molecule has 0 atom stereocenters. The molecule has 0 aliphatic carbocycles. The number of para-hydroxylation sites is 1. The van der Waals surface area contributed by atoms with Crippen molar-refractivity contribution in [3.8, 4) is 17.2 Å². The minimum Gasteiger partial charge on any atom is -0.490 e. The van der Waals surface area contributed by atoms with Gasteiger partial charge in [-0.15, -0.1) is 0 Å². The molecule has 0 radical (unpaired) electrons. The van der Waals surface area contributed by atoms with Crippen LogP contribution in [0.2, 0.25) is 0 Å². The molecule has 0 aromatic heterocycles. The molecule has 0 saturated carbocycles. The fourth-order valence-corrected chi connectivity index (χ4v) is 1.76. The van der Waals surface area contributed by atoms with E-state index in [2.05, 4.69) is 0 Å². The Bertz CT molecular complexity index is 674. The van der Waals surface area contributed by atoms with Gasteiger partial charge in [-0.1, -0.05) is 18.2 Å². The molecule has 7 heteroatoms. The van der Waals surface area contributed by atoms with E-state index in [0.29, 0.717) is 5.56 Å². The van der Waals surface area contributed by atoms with Crippen molar-refractivity contribution in [1.29, 1.82) is 0 Å². The molecule has 2 aromatic rings. The van der Waals surface area contributed by atoms with Crippen LogP contribution in [0.3, 0.4) is 0 Å². The average Bonchev–Trinajstić information content (AvgIpc) is 2.49. The minimum absolute atomic E-state index is 0.113. The van der Waals surface area contributed by atoms with Gasteiger partial charge in [0.05, 0.1) is 24.7 Å². The highest BCUT2D eigenvalue weighted by atomic mass is 19.1. The highest BCUT2D eigenvalue weighted by Crippen LogP contribution is 2.36. The number of ether oxygens (including phenoxy) is 2. The van der Waals surface area contributed by atoms with Crippen LogP contribution in [0.1, 0.15) is 5.56 Å². The first kappa shape index (κ1) is 14.7. The fourth-order valence-electron chi connectivity index (χ4n) is 1.76. The lowest BCUT2D eigenvalue weighted by Crippen LogP contribution is -1.98. The molecule has 110 valence electrons. The topological polar surface area (TPSA) is 81.8 Å². The summed E-state index contributed by atoms with van der Waals surface area (Å²) in [6.07, 6.45) is 0. The van der Waals surface area contributed by atoms with Gasteiger partial charge in [-0.3, -0.25) is 10.1 Å². The Morgan fingerprint density at radius 1 is 1.24 bits per heavy atom. The molecular weight excluding hydrogens is 281 g/mol. The average molecular weight is 293 g/mol. The van der Waals surface area contributed by atoms with Gasteiger partial charge in [0.25, 0.3) is 0 Å². The second-order valence-corrected chi connectivity index (χ2v) is 4.08. The first-order valence-corrected chi connectivity index (χ1v) is 5.95. The third kappa shape index (κ3) is 3.09. The summed E-state index contributed by atoms with van der Waals surface area (Å²) in [6.45, 7) is -0.276. The zero-order valence-corrected chi connectivity index (χ0v) is 11.1. The van der Waals surface area contributed by atoms with Crippen LogP contribution in [0.5, 0.6) is 17.2 Å². The number of aliphatic hydroxyl groups is 1. The molecule has 0 aliphatic heterocycles. The van der Waals surface area contributed by atoms with Crippen molar-refractivity contribution in [1.82, 2.24) is 0 Å². The van der Waals surface area contributed by atoms with E-state index in [1.165, 1.54) is 7.11 Å². The molecule has 0 spiro atoms. The number of benzene rings is 2. The number of nitrogens with zero attached hydrogens (tertiary/aromatic N) is 1. The van der Waals surface area contributed by atoms with E-state index in [1.807, 2.05) is 0 Å². The van der Waals surface area contributed by atoms with E-state index in [9.17, 15) is 19.6 Å². The van der Waals surface area contributed by atoms with Crippen molar-refractivity contribution in [3.05, 3.63) is 57.9 Å². The smallest absolute Gasteiger partial charge is 0.314 e. The molecule has 0 heterocycles. The summed E-state index contributed by atoms with van der Waals surface area (Å²) in [6, 6.07) is 8.37. The summed E-state index contributed by atoms with van der Waals surface area (Å²) < 4.78 is 24.1. The van der Waals surface area contributed by atoms with Crippen molar-refractivity contribution >= 4 is 5.69 Å². The molecule has 6 nitrogen and oxygen atoms in total. The van der Waals surface area contributed by atoms with E-state index in [-0.39, 0.29) is 23.9 Å². The van der Waals surface area contributed by atoms with Gasteiger partial charge in [0.15, 0.2) is 11.6 Å². The molecule has 0 aliphatic rings. The third-order valence-corrected chi connectivity index (χ3v) is 2.79. The van der Waals surface area contributed by atoms with Crippen LogP contribution >= 0.6 is 0 Å². The normalized spacial score (nSPS) is 10.2. The second kappa shape index (κ2) is 6.19. The van der Waals surface area contributed by atoms with E-state index in [4.69, 9.17) is 9.47 Å². The highest BCUT2D eigenvalue weighted by Gasteiger charge is 2.20. The van der Waals surface area contributed by atoms with Crippen LogP contribution in [-0.2, 0) is 6.61 Å². The summed E-state index contributed by atoms with van der Waals surface area (Å²) in [7, 11) is 1.24. The monoisotopic (exact) mass is 293 g/mol. The first-order valence-electron chi connectivity index (χ1n) is 5.95. The predicted molar refractivity (Wildman–Crippen MR) is 72.0 cm³/mol. The van der Waals surface area contributed by atoms with Crippen molar-refractivity contribution in [2.75, 3.05) is 7.11 Å². The molecule has 21 heavy (non-hydrogen) atoms. The summed E-state index contributed by atoms with van der Waals surface area (Å²) in [5.74, 6) is -0.971. The Morgan fingerprint density at radius 3 is 2.57 bits per heavy atom. The van der Waals surface area contributed by atoms with Crippen LogP contribution in [0.25, 0.3) is 0 Å². The standard InChI is InChI=1S/C14H12FNO5/c1-20-14-7-13(10(15)6-11(14)16(18)19)21-12-5-3-2-4-9(12)8-17/h2-7,17H,8H2,1H3. The Morgan fingerprint density at radius 2 is 1.95 bits per heavy atom. The quantitative estimate of drug-likeness (QED) is 0.677. The Hall–Kier alpha value is -2.67. The van der Waals surface area contributed by atoms with Gasteiger partial charge < -0.3 is 14.6 Å². The summed E-state index contributed by atoms with van der Waals surface area (Å²) >= 11 is 0. The molecule has 0 unspecified atom stereocenters. The van der Waals surface area contributed by atoms with Crippen LogP contribution in [-0.4, -0.2) is 17.1 Å². The van der Waals surface area contributed by atoms with Gasteiger partial charge in [0.1, 0.15) is 5.75 Å². The number of methoxy groups -OCH3 is 1. The Kier molecular flexibility index (Phi) is 4.34. The lowest BCUT2D eigenvalue weighted by Gasteiger charge is -2.11. The lowest BCUT2D eigenvalue weighted by atomic mass is 10.2. The minimum atomic E-state index is -0.893. The third-order valence-electron chi connectivity index (χ3n) is 2.79. The fraction of sp³-hybridized carbons (Fsp3) is 0.143. The summed E-state index contributed by atoms with van der Waals surface area (Å²) in [5, 5.41) is 20.0. The largest absolute Gasteiger partial charge is 0.490 e. The number of halogens is 1. The van der Waals surface area contributed by atoms with Gasteiger partial charge in [-0.2, -0.15) is 0 Å². The van der Waals surface area contributed by atoms with Gasteiger partial charge in [-0.05, 0) is 6.07 Å². The second-order valence-electron chi connectivity index (χ2n) is 4.08. The number of nitro benzene ring substituents is 1. The van der Waals surface area contributed by atoms with Gasteiger partial charge in [-0.25, -0.2) is 4.39 Å². The summed E-state index contributed by atoms with van der Waals surface area (Å²) in [4.78, 5) is 10.0. The lowest BCUT2D eigenvalue weighted by molar-refractivity contribution is -0.386. The zero-order chi connectivity index (χ0) is 15.4. The van der Waals surface area contributed by atoms with E-state index in [1.54, 1.807) is 24.3 Å². The first-order chi connectivity index (χ1) is 10.1. The van der Waals surface area contributed by atoms with Crippen molar-refractivity contribution in [2.45, 2.75) is 6.61 Å². The SMILES string of the molecule is COc1cc(Oc2ccccc2CO)c(F)cc1[N+](=O)[O-]. The molecule has 0 fully saturated rings. The number of aliphatic hydroxyl groups excluding tert-OH is 1. The van der Waals surface area contributed by atoms with E-state index < -0.39 is 16.4 Å². The molecule has 0 saturated heterocycles. The molecule has 2 aromatic carbocycles. The van der Waals surface area contributed by atoms with Crippen LogP contribution in [0, 0.1) is 15.9 Å². The van der Waals surface area contributed by atoms with E-state index in [0.717, 1.165) is 12.1 Å². The Balaban J connectivity index is 2.43. The maximum Gasteiger partial charge on any atom is 0.314 e. The number of hydrogen-bond donors (Lipinski definition) is 1. The molecule has 0 bridgehead atoms. The van der Waals surface area contributed by atoms with Crippen molar-refractivity contribution in [2.24, 2.45) is 0 Å². The van der Waals surface area contributed by atoms with Crippen LogP contribution in [0.4, 0.5) is 10.1 Å². The summed E-state index contributed by atoms with van der Waals surface area (Å²) in [5.41, 5.74) is -0.0213. The zero-order valence-electron chi connectivity index (χ0n) is 11.1. The van der Waals surface area contributed by atoms with Gasteiger partial charge >= 0.3 is 5.69 Å². The van der Waals surface area contributed by atoms with Gasteiger partial charge in [0.2, 0.25) is 5.75 Å². The maximum atomic E-state index is 13.9. The van der Waals surface area contributed by atoms with Crippen LogP contribution < -0.4 is 9.47 Å². The number of rotatable bonds is 5. The molecule has 1 N–H and O–H groups in total. The van der Waals surface area contributed by atoms with Crippen molar-refractivity contribution in [3.63, 3.8) is 0 Å².